The summed E-state index contributed by atoms with van der Waals surface area (Å²) in [4.78, 5) is 11.6. The molecule has 0 aromatic heterocycles. The van der Waals surface area contributed by atoms with Gasteiger partial charge in [0.15, 0.2) is 0 Å². The smallest absolute Gasteiger partial charge is 0.251 e. The third-order valence-corrected chi connectivity index (χ3v) is 5.99. The lowest BCUT2D eigenvalue weighted by atomic mass is 10.1. The summed E-state index contributed by atoms with van der Waals surface area (Å²) in [5.41, 5.74) is 1.27. The molecular weight excluding hydrogens is 371 g/mol. The fourth-order valence-corrected chi connectivity index (χ4v) is 3.61. The molecule has 5 nitrogen and oxygen atoms in total. The standard InChI is InChI=1S/C16H16Cl2N2O3S/c1-19-16(21)12-5-3-11(4-6-12)10-20(2)24(22,23)13-7-8-14(17)15(18)9-13/h3-9H,10H2,1-2H3,(H,19,21). The second-order valence-electron chi connectivity index (χ2n) is 5.11. The normalized spacial score (nSPS) is 11.5. The number of hydrogen-bond donors (Lipinski definition) is 1. The number of nitrogens with one attached hydrogen (secondary N) is 1. The van der Waals surface area contributed by atoms with Crippen molar-refractivity contribution in [1.29, 1.82) is 0 Å². The highest BCUT2D eigenvalue weighted by Crippen LogP contribution is 2.26. The number of nitrogens with zero attached hydrogens (tertiary/aromatic N) is 1. The van der Waals surface area contributed by atoms with Crippen LogP contribution in [0.4, 0.5) is 0 Å². The number of sulfonamides is 1. The van der Waals surface area contributed by atoms with E-state index in [4.69, 9.17) is 23.2 Å². The van der Waals surface area contributed by atoms with Gasteiger partial charge < -0.3 is 5.32 Å². The van der Waals surface area contributed by atoms with Crippen LogP contribution in [-0.2, 0) is 16.6 Å². The van der Waals surface area contributed by atoms with E-state index >= 15 is 0 Å². The summed E-state index contributed by atoms with van der Waals surface area (Å²) in [5.74, 6) is -0.196. The molecule has 1 amide bonds. The Bertz CT molecular complexity index is 852. The molecule has 0 aliphatic heterocycles. The molecule has 8 heteroatoms. The summed E-state index contributed by atoms with van der Waals surface area (Å²) in [6.07, 6.45) is 0. The topological polar surface area (TPSA) is 66.5 Å². The first kappa shape index (κ1) is 18.7. The van der Waals surface area contributed by atoms with E-state index < -0.39 is 10.0 Å². The van der Waals surface area contributed by atoms with Gasteiger partial charge >= 0.3 is 0 Å². The van der Waals surface area contributed by atoms with Crippen molar-refractivity contribution in [2.45, 2.75) is 11.4 Å². The SMILES string of the molecule is CNC(=O)c1ccc(CN(C)S(=O)(=O)c2ccc(Cl)c(Cl)c2)cc1. The lowest BCUT2D eigenvalue weighted by Gasteiger charge is -2.18. The van der Waals surface area contributed by atoms with Gasteiger partial charge in [0.2, 0.25) is 10.0 Å². The molecule has 128 valence electrons. The summed E-state index contributed by atoms with van der Waals surface area (Å²) >= 11 is 11.7. The summed E-state index contributed by atoms with van der Waals surface area (Å²) < 4.78 is 26.4. The molecule has 2 rings (SSSR count). The zero-order chi connectivity index (χ0) is 17.9. The number of benzene rings is 2. The highest BCUT2D eigenvalue weighted by molar-refractivity contribution is 7.89. The fourth-order valence-electron chi connectivity index (χ4n) is 2.07. The Balaban J connectivity index is 2.20. The minimum Gasteiger partial charge on any atom is -0.355 e. The summed E-state index contributed by atoms with van der Waals surface area (Å²) in [6, 6.07) is 10.9. The molecule has 0 bridgehead atoms. The molecule has 24 heavy (non-hydrogen) atoms. The number of carbonyl (C=O) groups excluding carboxylic acids is 1. The first-order chi connectivity index (χ1) is 11.3. The molecule has 0 saturated heterocycles. The first-order valence-corrected chi connectivity index (χ1v) is 9.17. The zero-order valence-electron chi connectivity index (χ0n) is 13.1. The van der Waals surface area contributed by atoms with Crippen molar-refractivity contribution in [3.63, 3.8) is 0 Å². The Hall–Kier alpha value is -1.60. The Labute approximate surface area is 151 Å². The molecule has 2 aromatic carbocycles. The predicted octanol–water partition coefficient (Wildman–Crippen LogP) is 3.17. The molecule has 0 spiro atoms. The molecule has 2 aromatic rings. The second-order valence-corrected chi connectivity index (χ2v) is 7.97. The minimum absolute atomic E-state index is 0.0707. The van der Waals surface area contributed by atoms with Gasteiger partial charge in [-0.15, -0.1) is 0 Å². The van der Waals surface area contributed by atoms with Crippen LogP contribution in [0.2, 0.25) is 10.0 Å². The Kier molecular flexibility index (Phi) is 5.87. The van der Waals surface area contributed by atoms with Crippen LogP contribution in [0.1, 0.15) is 15.9 Å². The zero-order valence-corrected chi connectivity index (χ0v) is 15.4. The predicted molar refractivity (Wildman–Crippen MR) is 94.9 cm³/mol. The van der Waals surface area contributed by atoms with Crippen molar-refractivity contribution in [2.75, 3.05) is 14.1 Å². The molecule has 0 aliphatic carbocycles. The maximum atomic E-state index is 12.6. The van der Waals surface area contributed by atoms with Gasteiger partial charge in [0.25, 0.3) is 5.91 Å². The van der Waals surface area contributed by atoms with Crippen LogP contribution < -0.4 is 5.32 Å². The molecule has 0 saturated carbocycles. The summed E-state index contributed by atoms with van der Waals surface area (Å²) in [5, 5.41) is 3.00. The van der Waals surface area contributed by atoms with Crippen LogP contribution >= 0.6 is 23.2 Å². The molecule has 0 heterocycles. The molecule has 0 radical (unpaired) electrons. The van der Waals surface area contributed by atoms with Crippen molar-refractivity contribution in [1.82, 2.24) is 9.62 Å². The van der Waals surface area contributed by atoms with Crippen molar-refractivity contribution in [3.05, 3.63) is 63.6 Å². The third kappa shape index (κ3) is 4.08. The monoisotopic (exact) mass is 386 g/mol. The quantitative estimate of drug-likeness (QED) is 0.857. The van der Waals surface area contributed by atoms with Gasteiger partial charge in [-0.25, -0.2) is 8.42 Å². The Morgan fingerprint density at radius 3 is 2.25 bits per heavy atom. The molecule has 0 unspecified atom stereocenters. The van der Waals surface area contributed by atoms with E-state index in [0.717, 1.165) is 5.56 Å². The van der Waals surface area contributed by atoms with Crippen LogP contribution in [0.3, 0.4) is 0 Å². The Morgan fingerprint density at radius 1 is 1.08 bits per heavy atom. The van der Waals surface area contributed by atoms with E-state index in [-0.39, 0.29) is 22.4 Å². The van der Waals surface area contributed by atoms with E-state index in [1.807, 2.05) is 0 Å². The number of amides is 1. The van der Waals surface area contributed by atoms with E-state index in [1.165, 1.54) is 29.6 Å². The largest absolute Gasteiger partial charge is 0.355 e. The van der Waals surface area contributed by atoms with Gasteiger partial charge in [-0.3, -0.25) is 4.79 Å². The number of rotatable bonds is 5. The van der Waals surface area contributed by atoms with Crippen LogP contribution in [0.5, 0.6) is 0 Å². The van der Waals surface area contributed by atoms with Gasteiger partial charge in [-0.2, -0.15) is 4.31 Å². The second kappa shape index (κ2) is 7.53. The van der Waals surface area contributed by atoms with E-state index in [1.54, 1.807) is 31.3 Å². The van der Waals surface area contributed by atoms with Crippen molar-refractivity contribution in [3.8, 4) is 0 Å². The van der Waals surface area contributed by atoms with Crippen molar-refractivity contribution < 1.29 is 13.2 Å². The highest BCUT2D eigenvalue weighted by atomic mass is 35.5. The molecular formula is C16H16Cl2N2O3S. The van der Waals surface area contributed by atoms with E-state index in [0.29, 0.717) is 10.6 Å². The summed E-state index contributed by atoms with van der Waals surface area (Å²) in [7, 11) is -0.670. The first-order valence-electron chi connectivity index (χ1n) is 6.98. The van der Waals surface area contributed by atoms with Crippen molar-refractivity contribution >= 4 is 39.1 Å². The molecule has 0 aliphatic rings. The van der Waals surface area contributed by atoms with Gasteiger partial charge in [-0.05, 0) is 35.9 Å². The number of halogens is 2. The lowest BCUT2D eigenvalue weighted by molar-refractivity contribution is 0.0963. The maximum absolute atomic E-state index is 12.6. The van der Waals surface area contributed by atoms with Gasteiger partial charge in [-0.1, -0.05) is 35.3 Å². The lowest BCUT2D eigenvalue weighted by Crippen LogP contribution is -2.26. The van der Waals surface area contributed by atoms with Crippen LogP contribution in [-0.4, -0.2) is 32.7 Å². The highest BCUT2D eigenvalue weighted by Gasteiger charge is 2.21. The number of carbonyl (C=O) groups is 1. The fraction of sp³-hybridized carbons (Fsp3) is 0.188. The van der Waals surface area contributed by atoms with Crippen LogP contribution in [0, 0.1) is 0 Å². The Morgan fingerprint density at radius 2 is 1.71 bits per heavy atom. The average Bonchev–Trinajstić information content (AvgIpc) is 2.57. The van der Waals surface area contributed by atoms with Gasteiger partial charge in [0, 0.05) is 26.2 Å². The van der Waals surface area contributed by atoms with E-state index in [2.05, 4.69) is 5.32 Å². The third-order valence-electron chi connectivity index (χ3n) is 3.45. The molecule has 1 N–H and O–H groups in total. The van der Waals surface area contributed by atoms with Crippen LogP contribution in [0.15, 0.2) is 47.4 Å². The average molecular weight is 387 g/mol. The van der Waals surface area contributed by atoms with Gasteiger partial charge in [0.1, 0.15) is 0 Å². The maximum Gasteiger partial charge on any atom is 0.251 e. The van der Waals surface area contributed by atoms with E-state index in [9.17, 15) is 13.2 Å². The van der Waals surface area contributed by atoms with Crippen molar-refractivity contribution in [2.24, 2.45) is 0 Å². The van der Waals surface area contributed by atoms with Gasteiger partial charge in [0.05, 0.1) is 14.9 Å². The molecule has 0 fully saturated rings. The molecule has 0 atom stereocenters. The van der Waals surface area contributed by atoms with Crippen LogP contribution in [0.25, 0.3) is 0 Å². The summed E-state index contributed by atoms with van der Waals surface area (Å²) in [6.45, 7) is 0.163. The number of hydrogen-bond acceptors (Lipinski definition) is 3. The minimum atomic E-state index is -3.70.